The van der Waals surface area contributed by atoms with Crippen molar-refractivity contribution in [1.29, 1.82) is 0 Å². The van der Waals surface area contributed by atoms with E-state index in [4.69, 9.17) is 0 Å². The SMILES string of the molecule is CC(SCc1ccccc1)C(=O)Nc1ccn[nH]1. The Hall–Kier alpha value is -1.75. The minimum absolute atomic E-state index is 0.0137. The third kappa shape index (κ3) is 3.63. The summed E-state index contributed by atoms with van der Waals surface area (Å²) < 4.78 is 0. The average molecular weight is 261 g/mol. The molecule has 94 valence electrons. The van der Waals surface area contributed by atoms with E-state index in [0.717, 1.165) is 5.75 Å². The van der Waals surface area contributed by atoms with E-state index in [1.165, 1.54) is 5.56 Å². The van der Waals surface area contributed by atoms with E-state index in [2.05, 4.69) is 27.6 Å². The van der Waals surface area contributed by atoms with Gasteiger partial charge < -0.3 is 5.32 Å². The number of benzene rings is 1. The first kappa shape index (κ1) is 12.7. The standard InChI is InChI=1S/C13H15N3OS/c1-10(13(17)15-12-7-8-14-16-12)18-9-11-5-3-2-4-6-11/h2-8,10H,9H2,1H3,(H2,14,15,16,17). The van der Waals surface area contributed by atoms with Crippen LogP contribution in [-0.2, 0) is 10.5 Å². The molecule has 2 N–H and O–H groups in total. The highest BCUT2D eigenvalue weighted by atomic mass is 32.2. The van der Waals surface area contributed by atoms with E-state index in [1.807, 2.05) is 25.1 Å². The third-order valence-corrected chi connectivity index (χ3v) is 3.68. The zero-order valence-corrected chi connectivity index (χ0v) is 10.9. The predicted octanol–water partition coefficient (Wildman–Crippen LogP) is 2.67. The van der Waals surface area contributed by atoms with Gasteiger partial charge in [0.2, 0.25) is 5.91 Å². The van der Waals surface area contributed by atoms with Gasteiger partial charge in [0.05, 0.1) is 11.4 Å². The summed E-state index contributed by atoms with van der Waals surface area (Å²) in [6.07, 6.45) is 1.61. The van der Waals surface area contributed by atoms with Gasteiger partial charge in [-0.2, -0.15) is 5.10 Å². The topological polar surface area (TPSA) is 57.8 Å². The molecule has 5 heteroatoms. The van der Waals surface area contributed by atoms with E-state index in [9.17, 15) is 4.79 Å². The van der Waals surface area contributed by atoms with Gasteiger partial charge >= 0.3 is 0 Å². The summed E-state index contributed by atoms with van der Waals surface area (Å²) in [7, 11) is 0. The van der Waals surface area contributed by atoms with Crippen molar-refractivity contribution in [3.05, 3.63) is 48.2 Å². The first-order chi connectivity index (χ1) is 8.75. The van der Waals surface area contributed by atoms with Crippen LogP contribution in [0, 0.1) is 0 Å². The summed E-state index contributed by atoms with van der Waals surface area (Å²) in [4.78, 5) is 11.9. The summed E-state index contributed by atoms with van der Waals surface area (Å²) >= 11 is 1.61. The minimum atomic E-state index is -0.103. The quantitative estimate of drug-likeness (QED) is 0.870. The number of carbonyl (C=O) groups excluding carboxylic acids is 1. The van der Waals surface area contributed by atoms with Crippen LogP contribution in [0.5, 0.6) is 0 Å². The first-order valence-corrected chi connectivity index (χ1v) is 6.76. The molecule has 1 amide bonds. The summed E-state index contributed by atoms with van der Waals surface area (Å²) in [6, 6.07) is 11.9. The van der Waals surface area contributed by atoms with Crippen LogP contribution in [0.15, 0.2) is 42.6 Å². The van der Waals surface area contributed by atoms with Crippen molar-refractivity contribution in [2.45, 2.75) is 17.9 Å². The van der Waals surface area contributed by atoms with E-state index in [0.29, 0.717) is 5.82 Å². The predicted molar refractivity (Wildman–Crippen MR) is 74.4 cm³/mol. The highest BCUT2D eigenvalue weighted by Crippen LogP contribution is 2.18. The number of rotatable bonds is 5. The number of carbonyl (C=O) groups is 1. The Morgan fingerprint density at radius 3 is 2.83 bits per heavy atom. The van der Waals surface area contributed by atoms with Crippen molar-refractivity contribution in [3.8, 4) is 0 Å². The maximum atomic E-state index is 11.9. The average Bonchev–Trinajstić information content (AvgIpc) is 2.90. The molecule has 0 aliphatic carbocycles. The van der Waals surface area contributed by atoms with E-state index in [-0.39, 0.29) is 11.2 Å². The first-order valence-electron chi connectivity index (χ1n) is 5.71. The number of aromatic amines is 1. The summed E-state index contributed by atoms with van der Waals surface area (Å²) in [5, 5.41) is 9.16. The van der Waals surface area contributed by atoms with Crippen LogP contribution in [0.4, 0.5) is 5.82 Å². The Kier molecular flexibility index (Phi) is 4.41. The summed E-state index contributed by atoms with van der Waals surface area (Å²) in [5.41, 5.74) is 1.23. The second-order valence-electron chi connectivity index (χ2n) is 3.90. The van der Waals surface area contributed by atoms with Crippen LogP contribution >= 0.6 is 11.8 Å². The number of nitrogens with one attached hydrogen (secondary N) is 2. The Bertz CT molecular complexity index is 484. The number of hydrogen-bond acceptors (Lipinski definition) is 3. The monoisotopic (exact) mass is 261 g/mol. The molecular formula is C13H15N3OS. The van der Waals surface area contributed by atoms with Gasteiger partial charge in [-0.3, -0.25) is 9.89 Å². The second kappa shape index (κ2) is 6.26. The number of H-pyrrole nitrogens is 1. The molecule has 18 heavy (non-hydrogen) atoms. The van der Waals surface area contributed by atoms with Crippen molar-refractivity contribution in [2.75, 3.05) is 5.32 Å². The van der Waals surface area contributed by atoms with Gasteiger partial charge in [-0.25, -0.2) is 0 Å². The molecule has 2 aromatic rings. The zero-order chi connectivity index (χ0) is 12.8. The van der Waals surface area contributed by atoms with Crippen LogP contribution in [-0.4, -0.2) is 21.4 Å². The van der Waals surface area contributed by atoms with Crippen molar-refractivity contribution >= 4 is 23.5 Å². The fourth-order valence-electron chi connectivity index (χ4n) is 1.43. The van der Waals surface area contributed by atoms with Gasteiger partial charge in [-0.15, -0.1) is 11.8 Å². The molecule has 0 fully saturated rings. The molecule has 1 heterocycles. The molecule has 0 aliphatic heterocycles. The minimum Gasteiger partial charge on any atom is -0.310 e. The van der Waals surface area contributed by atoms with Gasteiger partial charge in [0, 0.05) is 11.8 Å². The Morgan fingerprint density at radius 1 is 1.39 bits per heavy atom. The van der Waals surface area contributed by atoms with Crippen molar-refractivity contribution in [3.63, 3.8) is 0 Å². The Balaban J connectivity index is 1.81. The Morgan fingerprint density at radius 2 is 2.17 bits per heavy atom. The van der Waals surface area contributed by atoms with Crippen LogP contribution in [0.25, 0.3) is 0 Å². The number of nitrogens with zero attached hydrogens (tertiary/aromatic N) is 1. The molecule has 0 bridgehead atoms. The molecule has 2 rings (SSSR count). The van der Waals surface area contributed by atoms with Crippen molar-refractivity contribution in [1.82, 2.24) is 10.2 Å². The normalized spacial score (nSPS) is 12.1. The molecule has 0 saturated heterocycles. The third-order valence-electron chi connectivity index (χ3n) is 2.47. The number of aromatic nitrogens is 2. The molecule has 4 nitrogen and oxygen atoms in total. The van der Waals surface area contributed by atoms with Gasteiger partial charge in [0.1, 0.15) is 5.82 Å². The lowest BCUT2D eigenvalue weighted by atomic mass is 10.2. The molecule has 1 aromatic carbocycles. The maximum absolute atomic E-state index is 11.9. The summed E-state index contributed by atoms with van der Waals surface area (Å²) in [5.74, 6) is 1.45. The maximum Gasteiger partial charge on any atom is 0.238 e. The largest absolute Gasteiger partial charge is 0.310 e. The number of anilines is 1. The Labute approximate surface area is 110 Å². The number of amides is 1. The van der Waals surface area contributed by atoms with Crippen molar-refractivity contribution in [2.24, 2.45) is 0 Å². The number of hydrogen-bond donors (Lipinski definition) is 2. The lowest BCUT2D eigenvalue weighted by Gasteiger charge is -2.10. The van der Waals surface area contributed by atoms with Gasteiger partial charge in [-0.05, 0) is 12.5 Å². The molecular weight excluding hydrogens is 246 g/mol. The molecule has 0 radical (unpaired) electrons. The highest BCUT2D eigenvalue weighted by molar-refractivity contribution is 7.99. The zero-order valence-electron chi connectivity index (χ0n) is 10.1. The van der Waals surface area contributed by atoms with Gasteiger partial charge in [0.15, 0.2) is 0 Å². The number of thioether (sulfide) groups is 1. The highest BCUT2D eigenvalue weighted by Gasteiger charge is 2.13. The van der Waals surface area contributed by atoms with E-state index < -0.39 is 0 Å². The smallest absolute Gasteiger partial charge is 0.238 e. The van der Waals surface area contributed by atoms with Crippen LogP contribution < -0.4 is 5.32 Å². The molecule has 1 unspecified atom stereocenters. The molecule has 0 aliphatic rings. The summed E-state index contributed by atoms with van der Waals surface area (Å²) in [6.45, 7) is 1.90. The molecule has 0 saturated carbocycles. The van der Waals surface area contributed by atoms with E-state index in [1.54, 1.807) is 24.0 Å². The molecule has 1 atom stereocenters. The lowest BCUT2D eigenvalue weighted by molar-refractivity contribution is -0.115. The van der Waals surface area contributed by atoms with E-state index >= 15 is 0 Å². The lowest BCUT2D eigenvalue weighted by Crippen LogP contribution is -2.22. The van der Waals surface area contributed by atoms with Gasteiger partial charge in [0.25, 0.3) is 0 Å². The molecule has 1 aromatic heterocycles. The van der Waals surface area contributed by atoms with Crippen LogP contribution in [0.1, 0.15) is 12.5 Å². The van der Waals surface area contributed by atoms with Crippen LogP contribution in [0.2, 0.25) is 0 Å². The van der Waals surface area contributed by atoms with Crippen LogP contribution in [0.3, 0.4) is 0 Å². The molecule has 0 spiro atoms. The van der Waals surface area contributed by atoms with Gasteiger partial charge in [-0.1, -0.05) is 30.3 Å². The van der Waals surface area contributed by atoms with Crippen molar-refractivity contribution < 1.29 is 4.79 Å². The fourth-order valence-corrected chi connectivity index (χ4v) is 2.28. The fraction of sp³-hybridized carbons (Fsp3) is 0.231. The second-order valence-corrected chi connectivity index (χ2v) is 5.23.